The van der Waals surface area contributed by atoms with Crippen LogP contribution in [0.2, 0.25) is 0 Å². The van der Waals surface area contributed by atoms with Crippen LogP contribution in [-0.2, 0) is 10.8 Å². The van der Waals surface area contributed by atoms with Crippen molar-refractivity contribution >= 4 is 59.5 Å². The van der Waals surface area contributed by atoms with E-state index in [1.165, 1.54) is 11.1 Å². The van der Waals surface area contributed by atoms with E-state index in [2.05, 4.69) is 130 Å². The molecule has 54 heavy (non-hydrogen) atoms. The molecule has 9 aromatic carbocycles. The fourth-order valence-electron chi connectivity index (χ4n) is 9.40. The second-order valence-electron chi connectivity index (χ2n) is 16.3. The highest BCUT2D eigenvalue weighted by atomic mass is 14.6. The molecule has 258 valence electrons. The molecule has 10 rings (SSSR count). The summed E-state index contributed by atoms with van der Waals surface area (Å²) in [6.45, 7) is 17.5. The van der Waals surface area contributed by atoms with Gasteiger partial charge in [-0.1, -0.05) is 167 Å². The first-order valence-corrected chi connectivity index (χ1v) is 18.9. The first-order valence-electron chi connectivity index (χ1n) is 20.9. The van der Waals surface area contributed by atoms with E-state index in [1.807, 2.05) is 30.3 Å². The van der Waals surface area contributed by atoms with Gasteiger partial charge in [-0.25, -0.2) is 4.85 Å². The first-order chi connectivity index (χ1) is 27.9. The second kappa shape index (κ2) is 11.9. The summed E-state index contributed by atoms with van der Waals surface area (Å²) >= 11 is 0. The Labute approximate surface area is 323 Å². The van der Waals surface area contributed by atoms with Gasteiger partial charge in [0.1, 0.15) is 0 Å². The molecule has 0 atom stereocenters. The van der Waals surface area contributed by atoms with Crippen molar-refractivity contribution < 1.29 is 5.48 Å². The fraction of sp³-hybridized carbons (Fsp3) is 0.151. The molecule has 1 heteroatoms. The normalized spacial score (nSPS) is 15.8. The number of hydrogen-bond donors (Lipinski definition) is 0. The van der Waals surface area contributed by atoms with Crippen LogP contribution >= 0.6 is 0 Å². The molecule has 0 aliphatic heterocycles. The molecule has 1 nitrogen and oxygen atoms in total. The van der Waals surface area contributed by atoms with Crippen molar-refractivity contribution in [2.24, 2.45) is 0 Å². The number of nitrogens with zero attached hydrogens (tertiary/aromatic N) is 1. The van der Waals surface area contributed by atoms with E-state index >= 15 is 0 Å². The highest BCUT2D eigenvalue weighted by Gasteiger charge is 2.40. The number of rotatable bonds is 3. The molecule has 0 heterocycles. The Kier molecular flexibility index (Phi) is 6.23. The van der Waals surface area contributed by atoms with E-state index < -0.39 is 0 Å². The molecule has 0 unspecified atom stereocenters. The Morgan fingerprint density at radius 2 is 1.15 bits per heavy atom. The molecular formula is C53H41N. The molecule has 0 fully saturated rings. The van der Waals surface area contributed by atoms with E-state index in [1.54, 1.807) is 0 Å². The van der Waals surface area contributed by atoms with Crippen LogP contribution in [0.4, 0.5) is 5.69 Å². The van der Waals surface area contributed by atoms with Crippen molar-refractivity contribution in [2.75, 3.05) is 0 Å². The standard InChI is InChI=1S/C53H41N/c1-52(2)29-30-53(3,4)51-47(52)28-27-43(40-20-12-15-33-13-6-8-16-38(33)40)50(51)49-42-19-11-10-18-41(42)48(44-26-25-37(54-5)32-46(44)49)36-24-23-35-22-21-34-14-7-9-17-39(34)45(35)31-36/h6-28,31-32H,29-30H2,1-4H3/i10D,11D,18D,19D. The first kappa shape index (κ1) is 28.3. The largest absolute Gasteiger partial charge is 0.238 e. The second-order valence-corrected chi connectivity index (χ2v) is 16.3. The predicted molar refractivity (Wildman–Crippen MR) is 232 cm³/mol. The quantitative estimate of drug-likeness (QED) is 0.0984. The van der Waals surface area contributed by atoms with E-state index in [9.17, 15) is 4.11 Å². The third kappa shape index (κ3) is 4.83. The molecule has 0 bridgehead atoms. The molecule has 1 aliphatic rings. The highest BCUT2D eigenvalue weighted by molar-refractivity contribution is 6.24. The van der Waals surface area contributed by atoms with Crippen LogP contribution in [0.15, 0.2) is 152 Å². The van der Waals surface area contributed by atoms with E-state index in [0.717, 1.165) is 89.3 Å². The number of benzene rings is 9. The molecule has 0 radical (unpaired) electrons. The molecule has 0 spiro atoms. The molecule has 9 aromatic rings. The smallest absolute Gasteiger partial charge is 0.187 e. The molecule has 0 saturated heterocycles. The fourth-order valence-corrected chi connectivity index (χ4v) is 9.40. The number of hydrogen-bond acceptors (Lipinski definition) is 0. The van der Waals surface area contributed by atoms with E-state index in [-0.39, 0.29) is 35.0 Å². The molecular weight excluding hydrogens is 651 g/mol. The van der Waals surface area contributed by atoms with Gasteiger partial charge in [0.2, 0.25) is 0 Å². The van der Waals surface area contributed by atoms with Crippen LogP contribution in [0.1, 0.15) is 57.1 Å². The Morgan fingerprint density at radius 3 is 1.93 bits per heavy atom. The van der Waals surface area contributed by atoms with Gasteiger partial charge >= 0.3 is 0 Å². The lowest BCUT2D eigenvalue weighted by Crippen LogP contribution is -2.34. The third-order valence-electron chi connectivity index (χ3n) is 12.2. The van der Waals surface area contributed by atoms with Crippen molar-refractivity contribution in [3.8, 4) is 33.4 Å². The van der Waals surface area contributed by atoms with Crippen molar-refractivity contribution in [2.45, 2.75) is 51.4 Å². The zero-order chi connectivity index (χ0) is 40.2. The Morgan fingerprint density at radius 1 is 0.500 bits per heavy atom. The Balaban J connectivity index is 1.47. The summed E-state index contributed by atoms with van der Waals surface area (Å²) in [5.74, 6) is 0. The maximum absolute atomic E-state index is 9.86. The van der Waals surface area contributed by atoms with Gasteiger partial charge in [-0.3, -0.25) is 0 Å². The molecule has 0 N–H and O–H groups in total. The average molecular weight is 696 g/mol. The third-order valence-corrected chi connectivity index (χ3v) is 12.2. The summed E-state index contributed by atoms with van der Waals surface area (Å²) in [5, 5.41) is 9.23. The van der Waals surface area contributed by atoms with Gasteiger partial charge in [0.15, 0.2) is 5.69 Å². The maximum atomic E-state index is 9.86. The summed E-state index contributed by atoms with van der Waals surface area (Å²) in [7, 11) is 0. The summed E-state index contributed by atoms with van der Waals surface area (Å²) in [6, 6.07) is 43.4. The van der Waals surface area contributed by atoms with Crippen molar-refractivity contribution in [3.63, 3.8) is 0 Å². The van der Waals surface area contributed by atoms with Gasteiger partial charge in [0.05, 0.1) is 12.1 Å². The van der Waals surface area contributed by atoms with Crippen LogP contribution in [0.5, 0.6) is 0 Å². The van der Waals surface area contributed by atoms with Crippen LogP contribution in [-0.4, -0.2) is 0 Å². The molecule has 1 aliphatic carbocycles. The number of fused-ring (bicyclic) bond motifs is 7. The minimum Gasteiger partial charge on any atom is -0.238 e. The Hall–Kier alpha value is -6.23. The van der Waals surface area contributed by atoms with Gasteiger partial charge in [0.25, 0.3) is 0 Å². The van der Waals surface area contributed by atoms with Crippen LogP contribution in [0.3, 0.4) is 0 Å². The van der Waals surface area contributed by atoms with Gasteiger partial charge in [0, 0.05) is 0 Å². The summed E-state index contributed by atoms with van der Waals surface area (Å²) in [6.07, 6.45) is 1.96. The topological polar surface area (TPSA) is 4.36 Å². The SMILES string of the molecule is [2H]c1c([2H])c([2H])c2c(-c3c(-c4cccc5ccccc45)ccc4c3C(C)(C)CCC4(C)C)c3cc([N+]#[C-])ccc3c(-c3ccc4ccc5ccccc5c4c3)c2c1[2H]. The molecule has 0 saturated carbocycles. The van der Waals surface area contributed by atoms with Crippen molar-refractivity contribution in [3.05, 3.63) is 174 Å². The maximum Gasteiger partial charge on any atom is 0.187 e. The van der Waals surface area contributed by atoms with Crippen LogP contribution in [0, 0.1) is 6.57 Å². The summed E-state index contributed by atoms with van der Waals surface area (Å²) < 4.78 is 37.9. The summed E-state index contributed by atoms with van der Waals surface area (Å²) in [5.41, 5.74) is 7.89. The zero-order valence-electron chi connectivity index (χ0n) is 35.0. The zero-order valence-corrected chi connectivity index (χ0v) is 31.0. The van der Waals surface area contributed by atoms with Gasteiger partial charge in [-0.15, -0.1) is 0 Å². The van der Waals surface area contributed by atoms with Gasteiger partial charge in [-0.2, -0.15) is 0 Å². The minimum atomic E-state index is -0.278. The van der Waals surface area contributed by atoms with Crippen molar-refractivity contribution in [1.82, 2.24) is 0 Å². The van der Waals surface area contributed by atoms with Crippen LogP contribution < -0.4 is 0 Å². The lowest BCUT2D eigenvalue weighted by molar-refractivity contribution is 0.333. The van der Waals surface area contributed by atoms with Crippen LogP contribution in [0.25, 0.3) is 92.1 Å². The molecule has 0 amide bonds. The minimum absolute atomic E-state index is 0.0717. The van der Waals surface area contributed by atoms with E-state index in [4.69, 9.17) is 7.94 Å². The van der Waals surface area contributed by atoms with Gasteiger partial charge in [-0.05, 0) is 134 Å². The Bertz CT molecular complexity index is 3290. The average Bonchev–Trinajstić information content (AvgIpc) is 3.24. The van der Waals surface area contributed by atoms with Crippen molar-refractivity contribution in [1.29, 1.82) is 0 Å². The van der Waals surface area contributed by atoms with E-state index in [0.29, 0.717) is 16.5 Å². The summed E-state index contributed by atoms with van der Waals surface area (Å²) in [4.78, 5) is 3.94. The van der Waals surface area contributed by atoms with Gasteiger partial charge < -0.3 is 0 Å². The molecule has 0 aromatic heterocycles. The predicted octanol–water partition coefficient (Wildman–Crippen LogP) is 15.4. The monoisotopic (exact) mass is 695 g/mol. The highest BCUT2D eigenvalue weighted by Crippen LogP contribution is 2.56. The lowest BCUT2D eigenvalue weighted by atomic mass is 9.60. The lowest BCUT2D eigenvalue weighted by Gasteiger charge is -2.44.